The molecule has 1 heterocycles. The summed E-state index contributed by atoms with van der Waals surface area (Å²) in [6.07, 6.45) is 0.387. The highest BCUT2D eigenvalue weighted by Crippen LogP contribution is 2.19. The maximum Gasteiger partial charge on any atom is 0.223 e. The summed E-state index contributed by atoms with van der Waals surface area (Å²) < 4.78 is 0. The summed E-state index contributed by atoms with van der Waals surface area (Å²) in [5.74, 6) is 0.585. The normalized spacial score (nSPS) is 15.0. The number of nitrogens with two attached hydrogens (primary N) is 1. The van der Waals surface area contributed by atoms with Crippen LogP contribution in [-0.4, -0.2) is 68.5 Å². The number of amides is 1. The lowest BCUT2D eigenvalue weighted by atomic mass is 10.2. The van der Waals surface area contributed by atoms with E-state index in [9.17, 15) is 4.79 Å². The van der Waals surface area contributed by atoms with Crippen LogP contribution in [0.25, 0.3) is 0 Å². The van der Waals surface area contributed by atoms with Gasteiger partial charge in [0.05, 0.1) is 6.54 Å². The fraction of sp³-hybridized carbons (Fsp3) is 0.500. The number of hydrogen-bond acceptors (Lipinski definition) is 3. The molecule has 1 saturated heterocycles. The van der Waals surface area contributed by atoms with Gasteiger partial charge in [0.15, 0.2) is 5.96 Å². The molecule has 0 saturated carbocycles. The largest absolute Gasteiger partial charge is 0.370 e. The van der Waals surface area contributed by atoms with Crippen molar-refractivity contribution in [1.82, 2.24) is 9.80 Å². The Morgan fingerprint density at radius 2 is 1.79 bits per heavy atom. The molecule has 0 aliphatic carbocycles. The van der Waals surface area contributed by atoms with Crippen LogP contribution in [0.2, 0.25) is 5.02 Å². The summed E-state index contributed by atoms with van der Waals surface area (Å²) in [7, 11) is 3.48. The molecule has 1 aromatic carbocycles. The average molecular weight is 466 g/mol. The Kier molecular flexibility index (Phi) is 8.61. The number of benzene rings is 1. The van der Waals surface area contributed by atoms with E-state index >= 15 is 0 Å². The minimum Gasteiger partial charge on any atom is -0.370 e. The molecule has 6 nitrogen and oxygen atoms in total. The predicted octanol–water partition coefficient (Wildman–Crippen LogP) is 1.87. The quantitative estimate of drug-likeness (QED) is 0.419. The highest BCUT2D eigenvalue weighted by Gasteiger charge is 2.18. The molecule has 24 heavy (non-hydrogen) atoms. The third-order valence-corrected chi connectivity index (χ3v) is 4.15. The van der Waals surface area contributed by atoms with E-state index in [0.717, 1.165) is 31.2 Å². The first-order chi connectivity index (χ1) is 11.0. The number of aliphatic imine (C=N–C) groups is 1. The first kappa shape index (κ1) is 20.8. The van der Waals surface area contributed by atoms with Gasteiger partial charge in [-0.1, -0.05) is 11.6 Å². The molecule has 0 aromatic heterocycles. The second kappa shape index (κ2) is 9.93. The summed E-state index contributed by atoms with van der Waals surface area (Å²) in [4.78, 5) is 21.8. The first-order valence-corrected chi connectivity index (χ1v) is 8.10. The van der Waals surface area contributed by atoms with Crippen LogP contribution < -0.4 is 10.6 Å². The third-order valence-electron chi connectivity index (χ3n) is 3.89. The van der Waals surface area contributed by atoms with E-state index in [1.54, 1.807) is 19.0 Å². The molecule has 1 aliphatic heterocycles. The van der Waals surface area contributed by atoms with Crippen molar-refractivity contribution in [3.63, 3.8) is 0 Å². The summed E-state index contributed by atoms with van der Waals surface area (Å²) in [6, 6.07) is 7.87. The fourth-order valence-electron chi connectivity index (χ4n) is 2.44. The monoisotopic (exact) mass is 465 g/mol. The van der Waals surface area contributed by atoms with E-state index in [0.29, 0.717) is 18.9 Å². The molecule has 0 spiro atoms. The van der Waals surface area contributed by atoms with Gasteiger partial charge in [0.2, 0.25) is 5.91 Å². The topological polar surface area (TPSA) is 65.2 Å². The van der Waals surface area contributed by atoms with Crippen molar-refractivity contribution >= 4 is 53.1 Å². The fourth-order valence-corrected chi connectivity index (χ4v) is 2.56. The van der Waals surface area contributed by atoms with Crippen LogP contribution in [0.15, 0.2) is 29.3 Å². The van der Waals surface area contributed by atoms with Gasteiger partial charge < -0.3 is 20.4 Å². The second-order valence-corrected chi connectivity index (χ2v) is 6.17. The van der Waals surface area contributed by atoms with Crippen molar-refractivity contribution in [2.45, 2.75) is 6.42 Å². The SMILES string of the molecule is CN(C)C(=O)CCN=C(N)N1CCN(c2ccc(Cl)cc2)CC1.I. The average Bonchev–Trinajstić information content (AvgIpc) is 2.55. The first-order valence-electron chi connectivity index (χ1n) is 7.73. The Labute approximate surface area is 165 Å². The lowest BCUT2D eigenvalue weighted by molar-refractivity contribution is -0.128. The molecule has 1 amide bonds. The van der Waals surface area contributed by atoms with E-state index < -0.39 is 0 Å². The van der Waals surface area contributed by atoms with Gasteiger partial charge in [0, 0.05) is 57.4 Å². The summed E-state index contributed by atoms with van der Waals surface area (Å²) >= 11 is 5.92. The van der Waals surface area contributed by atoms with Gasteiger partial charge in [-0.3, -0.25) is 9.79 Å². The zero-order chi connectivity index (χ0) is 16.8. The van der Waals surface area contributed by atoms with Gasteiger partial charge in [-0.05, 0) is 24.3 Å². The zero-order valence-electron chi connectivity index (χ0n) is 14.1. The maximum absolute atomic E-state index is 11.5. The Bertz CT molecular complexity index is 556. The second-order valence-electron chi connectivity index (χ2n) is 5.73. The van der Waals surface area contributed by atoms with Crippen LogP contribution in [0.1, 0.15) is 6.42 Å². The molecule has 1 aliphatic rings. The molecule has 1 aromatic rings. The number of rotatable bonds is 4. The summed E-state index contributed by atoms with van der Waals surface area (Å²) in [5, 5.41) is 0.746. The number of carbonyl (C=O) groups excluding carboxylic acids is 1. The number of guanidine groups is 1. The summed E-state index contributed by atoms with van der Waals surface area (Å²) in [5.41, 5.74) is 7.20. The van der Waals surface area contributed by atoms with Crippen molar-refractivity contribution in [1.29, 1.82) is 0 Å². The van der Waals surface area contributed by atoms with Crippen molar-refractivity contribution in [2.75, 3.05) is 51.7 Å². The van der Waals surface area contributed by atoms with Gasteiger partial charge in [-0.15, -0.1) is 24.0 Å². The van der Waals surface area contributed by atoms with Crippen LogP contribution >= 0.6 is 35.6 Å². The minimum absolute atomic E-state index is 0. The van der Waals surface area contributed by atoms with Gasteiger partial charge in [0.25, 0.3) is 0 Å². The smallest absolute Gasteiger partial charge is 0.223 e. The number of anilines is 1. The molecule has 2 N–H and O–H groups in total. The van der Waals surface area contributed by atoms with Crippen LogP contribution in [0.3, 0.4) is 0 Å². The van der Waals surface area contributed by atoms with Crippen LogP contribution in [0.5, 0.6) is 0 Å². The van der Waals surface area contributed by atoms with Gasteiger partial charge in [-0.2, -0.15) is 0 Å². The van der Waals surface area contributed by atoms with Crippen molar-refractivity contribution in [2.24, 2.45) is 10.7 Å². The molecule has 2 rings (SSSR count). The molecule has 8 heteroatoms. The van der Waals surface area contributed by atoms with Crippen LogP contribution in [0.4, 0.5) is 5.69 Å². The Hall–Kier alpha value is -1.22. The molecule has 0 bridgehead atoms. The third kappa shape index (κ3) is 6.01. The van der Waals surface area contributed by atoms with E-state index in [-0.39, 0.29) is 29.9 Å². The standard InChI is InChI=1S/C16H24ClN5O.HI/c1-20(2)15(23)7-8-19-16(18)22-11-9-21(10-12-22)14-5-3-13(17)4-6-14;/h3-6H,7-12H2,1-2H3,(H2,18,19);1H. The number of hydrogen-bond donors (Lipinski definition) is 1. The number of nitrogens with zero attached hydrogens (tertiary/aromatic N) is 4. The Morgan fingerprint density at radius 1 is 1.21 bits per heavy atom. The van der Waals surface area contributed by atoms with Gasteiger partial charge >= 0.3 is 0 Å². The maximum atomic E-state index is 11.5. The van der Waals surface area contributed by atoms with Crippen molar-refractivity contribution in [3.8, 4) is 0 Å². The Morgan fingerprint density at radius 3 is 2.33 bits per heavy atom. The van der Waals surface area contributed by atoms with E-state index in [1.165, 1.54) is 5.69 Å². The van der Waals surface area contributed by atoms with Crippen LogP contribution in [0, 0.1) is 0 Å². The van der Waals surface area contributed by atoms with Crippen LogP contribution in [-0.2, 0) is 4.79 Å². The molecule has 1 fully saturated rings. The molecular weight excluding hydrogens is 441 g/mol. The van der Waals surface area contributed by atoms with E-state index in [4.69, 9.17) is 17.3 Å². The molecule has 134 valence electrons. The number of halogens is 2. The van der Waals surface area contributed by atoms with E-state index in [2.05, 4.69) is 14.8 Å². The molecular formula is C16H25ClIN5O. The van der Waals surface area contributed by atoms with Gasteiger partial charge in [0.1, 0.15) is 0 Å². The predicted molar refractivity (Wildman–Crippen MR) is 110 cm³/mol. The highest BCUT2D eigenvalue weighted by atomic mass is 127. The Balaban J connectivity index is 0.00000288. The van der Waals surface area contributed by atoms with Crippen molar-refractivity contribution in [3.05, 3.63) is 29.3 Å². The minimum atomic E-state index is 0. The number of carbonyl (C=O) groups is 1. The molecule has 0 atom stereocenters. The zero-order valence-corrected chi connectivity index (χ0v) is 17.2. The summed E-state index contributed by atoms with van der Waals surface area (Å²) in [6.45, 7) is 3.84. The number of piperazine rings is 1. The highest BCUT2D eigenvalue weighted by molar-refractivity contribution is 14.0. The van der Waals surface area contributed by atoms with Crippen molar-refractivity contribution < 1.29 is 4.79 Å². The lowest BCUT2D eigenvalue weighted by Crippen LogP contribution is -2.51. The molecule has 0 unspecified atom stereocenters. The molecule has 0 radical (unpaired) electrons. The lowest BCUT2D eigenvalue weighted by Gasteiger charge is -2.36. The van der Waals surface area contributed by atoms with Gasteiger partial charge in [-0.25, -0.2) is 0 Å². The van der Waals surface area contributed by atoms with E-state index in [1.807, 2.05) is 24.3 Å².